The molecule has 2 aromatic rings. The first-order chi connectivity index (χ1) is 9.19. The van der Waals surface area contributed by atoms with Crippen molar-refractivity contribution in [2.45, 2.75) is 11.5 Å². The molecular formula is C12H12N2O4S. The van der Waals surface area contributed by atoms with E-state index in [0.29, 0.717) is 5.89 Å². The summed E-state index contributed by atoms with van der Waals surface area (Å²) in [6.07, 6.45) is 2.00. The Kier molecular flexibility index (Phi) is 4.53. The van der Waals surface area contributed by atoms with Gasteiger partial charge in [0.15, 0.2) is 0 Å². The van der Waals surface area contributed by atoms with Gasteiger partial charge in [0, 0.05) is 10.5 Å². The molecule has 0 saturated heterocycles. The van der Waals surface area contributed by atoms with Gasteiger partial charge in [0.1, 0.15) is 13.2 Å². The van der Waals surface area contributed by atoms with Gasteiger partial charge in [-0.25, -0.2) is 4.79 Å². The number of nitrogens with zero attached hydrogens (tertiary/aromatic N) is 2. The Balaban J connectivity index is 2.01. The van der Waals surface area contributed by atoms with Crippen LogP contribution in [0.1, 0.15) is 5.89 Å². The molecule has 100 valence electrons. The van der Waals surface area contributed by atoms with Crippen molar-refractivity contribution in [3.8, 4) is 11.5 Å². The average Bonchev–Trinajstić information content (AvgIpc) is 2.87. The smallest absolute Gasteiger partial charge is 0.329 e. The maximum absolute atomic E-state index is 10.3. The molecular weight excluding hydrogens is 268 g/mol. The van der Waals surface area contributed by atoms with E-state index in [1.807, 2.05) is 30.5 Å². The van der Waals surface area contributed by atoms with Crippen molar-refractivity contribution in [2.75, 3.05) is 12.9 Å². The molecule has 0 saturated carbocycles. The van der Waals surface area contributed by atoms with Gasteiger partial charge >= 0.3 is 5.97 Å². The van der Waals surface area contributed by atoms with Gasteiger partial charge in [-0.2, -0.15) is 0 Å². The van der Waals surface area contributed by atoms with Gasteiger partial charge < -0.3 is 14.3 Å². The average molecular weight is 280 g/mol. The Morgan fingerprint density at radius 1 is 1.37 bits per heavy atom. The minimum atomic E-state index is -1.03. The molecule has 0 unspecified atom stereocenters. The molecule has 0 spiro atoms. The quantitative estimate of drug-likeness (QED) is 0.810. The van der Waals surface area contributed by atoms with Crippen LogP contribution < -0.4 is 0 Å². The van der Waals surface area contributed by atoms with E-state index in [4.69, 9.17) is 14.3 Å². The number of hydrogen-bond acceptors (Lipinski definition) is 6. The molecule has 19 heavy (non-hydrogen) atoms. The van der Waals surface area contributed by atoms with Crippen LogP contribution in [0.25, 0.3) is 11.5 Å². The third-order valence-corrected chi connectivity index (χ3v) is 3.00. The maximum Gasteiger partial charge on any atom is 0.329 e. The van der Waals surface area contributed by atoms with E-state index in [1.54, 1.807) is 11.8 Å². The zero-order chi connectivity index (χ0) is 13.7. The van der Waals surface area contributed by atoms with E-state index >= 15 is 0 Å². The van der Waals surface area contributed by atoms with Gasteiger partial charge in [-0.05, 0) is 30.5 Å². The number of thioether (sulfide) groups is 1. The number of ether oxygens (including phenoxy) is 1. The lowest BCUT2D eigenvalue weighted by atomic mass is 10.2. The summed E-state index contributed by atoms with van der Waals surface area (Å²) in [4.78, 5) is 11.4. The summed E-state index contributed by atoms with van der Waals surface area (Å²) in [6.45, 7) is -0.400. The van der Waals surface area contributed by atoms with Gasteiger partial charge in [-0.3, -0.25) is 0 Å². The summed E-state index contributed by atoms with van der Waals surface area (Å²) in [5.74, 6) is -0.390. The van der Waals surface area contributed by atoms with Crippen LogP contribution in [-0.2, 0) is 16.1 Å². The largest absolute Gasteiger partial charge is 0.480 e. The lowest BCUT2D eigenvalue weighted by Crippen LogP contribution is -2.06. The molecule has 0 aliphatic rings. The van der Waals surface area contributed by atoms with Crippen molar-refractivity contribution in [3.63, 3.8) is 0 Å². The first kappa shape index (κ1) is 13.6. The van der Waals surface area contributed by atoms with Gasteiger partial charge in [0.2, 0.25) is 11.8 Å². The zero-order valence-electron chi connectivity index (χ0n) is 10.2. The van der Waals surface area contributed by atoms with Crippen LogP contribution in [0.5, 0.6) is 0 Å². The van der Waals surface area contributed by atoms with E-state index < -0.39 is 5.97 Å². The van der Waals surface area contributed by atoms with Crippen LogP contribution in [0.3, 0.4) is 0 Å². The van der Waals surface area contributed by atoms with Crippen molar-refractivity contribution in [1.29, 1.82) is 0 Å². The minimum absolute atomic E-state index is 0.0117. The lowest BCUT2D eigenvalue weighted by molar-refractivity contribution is -0.142. The summed E-state index contributed by atoms with van der Waals surface area (Å²) in [5.41, 5.74) is 0.815. The molecule has 0 aliphatic carbocycles. The molecule has 1 aromatic heterocycles. The van der Waals surface area contributed by atoms with E-state index in [0.717, 1.165) is 10.5 Å². The summed E-state index contributed by atoms with van der Waals surface area (Å²) in [5, 5.41) is 16.1. The van der Waals surface area contributed by atoms with Crippen molar-refractivity contribution in [1.82, 2.24) is 10.2 Å². The maximum atomic E-state index is 10.3. The molecule has 7 heteroatoms. The third kappa shape index (κ3) is 3.80. The van der Waals surface area contributed by atoms with Crippen LogP contribution >= 0.6 is 11.8 Å². The third-order valence-electron chi connectivity index (χ3n) is 2.25. The molecule has 0 aliphatic heterocycles. The van der Waals surface area contributed by atoms with Crippen LogP contribution in [-0.4, -0.2) is 34.1 Å². The molecule has 0 radical (unpaired) electrons. The molecule has 0 atom stereocenters. The topological polar surface area (TPSA) is 85.5 Å². The number of aliphatic carboxylic acids is 1. The number of carboxylic acid groups (broad SMARTS) is 1. The van der Waals surface area contributed by atoms with Crippen LogP contribution in [0.2, 0.25) is 0 Å². The van der Waals surface area contributed by atoms with Gasteiger partial charge in [0.25, 0.3) is 0 Å². The highest BCUT2D eigenvalue weighted by molar-refractivity contribution is 7.98. The molecule has 1 N–H and O–H groups in total. The minimum Gasteiger partial charge on any atom is -0.480 e. The van der Waals surface area contributed by atoms with Gasteiger partial charge in [0.05, 0.1) is 0 Å². The summed E-state index contributed by atoms with van der Waals surface area (Å²) in [7, 11) is 0. The summed E-state index contributed by atoms with van der Waals surface area (Å²) in [6, 6.07) is 7.71. The first-order valence-corrected chi connectivity index (χ1v) is 6.68. The van der Waals surface area contributed by atoms with Crippen LogP contribution in [0.4, 0.5) is 0 Å². The van der Waals surface area contributed by atoms with Gasteiger partial charge in [-0.15, -0.1) is 22.0 Å². The number of carboxylic acids is 1. The number of benzene rings is 1. The predicted molar refractivity (Wildman–Crippen MR) is 68.8 cm³/mol. The van der Waals surface area contributed by atoms with Crippen molar-refractivity contribution in [2.24, 2.45) is 0 Å². The van der Waals surface area contributed by atoms with E-state index in [9.17, 15) is 4.79 Å². The molecule has 0 amide bonds. The highest BCUT2D eigenvalue weighted by atomic mass is 32.2. The van der Waals surface area contributed by atoms with Crippen molar-refractivity contribution >= 4 is 17.7 Å². The Labute approximate surface area is 113 Å². The predicted octanol–water partition coefficient (Wildman–Crippen LogP) is 2.06. The van der Waals surface area contributed by atoms with Crippen LogP contribution in [0, 0.1) is 0 Å². The highest BCUT2D eigenvalue weighted by Crippen LogP contribution is 2.22. The lowest BCUT2D eigenvalue weighted by Gasteiger charge is -1.97. The fourth-order valence-electron chi connectivity index (χ4n) is 1.39. The zero-order valence-corrected chi connectivity index (χ0v) is 11.0. The fraction of sp³-hybridized carbons (Fsp3) is 0.250. The molecule has 0 bridgehead atoms. The monoisotopic (exact) mass is 280 g/mol. The second-order valence-corrected chi connectivity index (χ2v) is 4.50. The summed E-state index contributed by atoms with van der Waals surface area (Å²) >= 11 is 1.65. The van der Waals surface area contributed by atoms with E-state index in [2.05, 4.69) is 10.2 Å². The Bertz CT molecular complexity index is 553. The fourth-order valence-corrected chi connectivity index (χ4v) is 1.80. The number of carbonyl (C=O) groups is 1. The van der Waals surface area contributed by atoms with E-state index in [1.165, 1.54) is 0 Å². The highest BCUT2D eigenvalue weighted by Gasteiger charge is 2.09. The molecule has 1 heterocycles. The number of rotatable bonds is 6. The molecule has 1 aromatic carbocycles. The van der Waals surface area contributed by atoms with Crippen molar-refractivity contribution < 1.29 is 19.1 Å². The van der Waals surface area contributed by atoms with E-state index in [-0.39, 0.29) is 19.1 Å². The summed E-state index contributed by atoms with van der Waals surface area (Å²) < 4.78 is 10.2. The molecule has 2 rings (SSSR count). The Morgan fingerprint density at radius 2 is 2.11 bits per heavy atom. The Hall–Kier alpha value is -1.86. The normalized spacial score (nSPS) is 10.6. The van der Waals surface area contributed by atoms with Crippen molar-refractivity contribution in [3.05, 3.63) is 30.2 Å². The SMILES string of the molecule is CSc1ccc(-c2nnc(COCC(=O)O)o2)cc1. The van der Waals surface area contributed by atoms with Gasteiger partial charge in [-0.1, -0.05) is 0 Å². The number of aromatic nitrogens is 2. The second kappa shape index (κ2) is 6.35. The molecule has 0 fully saturated rings. The number of hydrogen-bond donors (Lipinski definition) is 1. The molecule has 6 nitrogen and oxygen atoms in total. The standard InChI is InChI=1S/C12H12N2O4S/c1-19-9-4-2-8(3-5-9)12-14-13-10(18-12)6-17-7-11(15)16/h2-5H,6-7H2,1H3,(H,15,16). The van der Waals surface area contributed by atoms with Crippen LogP contribution in [0.15, 0.2) is 33.6 Å². The second-order valence-electron chi connectivity index (χ2n) is 3.62. The first-order valence-electron chi connectivity index (χ1n) is 5.45. The Morgan fingerprint density at radius 3 is 2.74 bits per heavy atom.